The van der Waals surface area contributed by atoms with Crippen LogP contribution in [-0.2, 0) is 0 Å². The van der Waals surface area contributed by atoms with Gasteiger partial charge in [-0.3, -0.25) is 34.1 Å². The maximum atomic E-state index is 13.5. The molecule has 8 bridgehead atoms. The maximum Gasteiger partial charge on any atom is 0.273 e. The molecule has 28 heteroatoms. The Morgan fingerprint density at radius 1 is 0.368 bits per heavy atom. The van der Waals surface area contributed by atoms with Crippen LogP contribution in [0.5, 0.6) is 23.5 Å². The number of amides is 4. The molecule has 4 aliphatic heterocycles. The first kappa shape index (κ1) is 74.7. The molecule has 12 unspecified atom stereocenters. The molecule has 8 aliphatic rings. The van der Waals surface area contributed by atoms with E-state index >= 15 is 0 Å². The Balaban J connectivity index is 0.000000110. The summed E-state index contributed by atoms with van der Waals surface area (Å²) in [5.41, 5.74) is 10.8. The highest BCUT2D eigenvalue weighted by atomic mass is 32.1. The van der Waals surface area contributed by atoms with Crippen LogP contribution in [0.4, 0.5) is 0 Å². The van der Waals surface area contributed by atoms with E-state index in [1.165, 1.54) is 35.2 Å². The van der Waals surface area contributed by atoms with Crippen LogP contribution >= 0.6 is 22.7 Å². The van der Waals surface area contributed by atoms with E-state index in [2.05, 4.69) is 59.8 Å². The van der Waals surface area contributed by atoms with Gasteiger partial charge in [0, 0.05) is 128 Å². The van der Waals surface area contributed by atoms with Gasteiger partial charge >= 0.3 is 0 Å². The number of aromatic nitrogens is 12. The van der Waals surface area contributed by atoms with Crippen molar-refractivity contribution in [2.75, 3.05) is 26.2 Å². The van der Waals surface area contributed by atoms with Gasteiger partial charge in [-0.2, -0.15) is 0 Å². The first-order valence-electron chi connectivity index (χ1n) is 38.6. The number of thiazole rings is 2. The number of ether oxygens (including phenoxy) is 4. The van der Waals surface area contributed by atoms with Gasteiger partial charge in [0.15, 0.2) is 0 Å². The molecule has 4 aliphatic carbocycles. The zero-order valence-electron chi connectivity index (χ0n) is 63.8. The SMILES string of the molecule is Cc1ccc(OC2CC3CC2N(C(=O)c2ccc(C)nc2-c2nccs2)C3)nc1.Cc1ccc(OC2CC3CC2N(C(=O)c2cccnc2-c2ncco2)C3)nc1.Cc1ccc(OC2CC3CC2N(C(=O)c2ncc(C)cc2-c2nccs2)C3)nc1.Cc1ccc(OC2CC3CC2N(C(=O)c2ncccc2-c2ncco2)C3)nc1. The second kappa shape index (κ2) is 32.6. The van der Waals surface area contributed by atoms with Crippen molar-refractivity contribution in [3.05, 3.63) is 238 Å². The molecular formula is C86H84N16O10S2. The van der Waals surface area contributed by atoms with E-state index in [1.54, 1.807) is 74.0 Å². The van der Waals surface area contributed by atoms with E-state index in [-0.39, 0.29) is 72.2 Å². The van der Waals surface area contributed by atoms with Gasteiger partial charge in [-0.25, -0.2) is 44.9 Å². The molecule has 12 aromatic heterocycles. The second-order valence-corrected chi connectivity index (χ2v) is 32.5. The fraction of sp³-hybridized carbons (Fsp3) is 0.349. The lowest BCUT2D eigenvalue weighted by Crippen LogP contribution is -2.47. The number of nitrogens with zero attached hydrogens (tertiary/aromatic N) is 16. The van der Waals surface area contributed by atoms with Gasteiger partial charge < -0.3 is 47.4 Å². The van der Waals surface area contributed by atoms with Gasteiger partial charge in [-0.1, -0.05) is 24.3 Å². The van der Waals surface area contributed by atoms with Gasteiger partial charge in [-0.15, -0.1) is 22.7 Å². The smallest absolute Gasteiger partial charge is 0.273 e. The van der Waals surface area contributed by atoms with Crippen molar-refractivity contribution in [3.63, 3.8) is 0 Å². The molecule has 16 heterocycles. The topological polar surface area (TPSA) is 299 Å². The number of aryl methyl sites for hydroxylation is 6. The van der Waals surface area contributed by atoms with Gasteiger partial charge in [0.2, 0.25) is 35.3 Å². The first-order chi connectivity index (χ1) is 55.5. The summed E-state index contributed by atoms with van der Waals surface area (Å²) >= 11 is 3.02. The summed E-state index contributed by atoms with van der Waals surface area (Å²) in [6.45, 7) is 14.9. The van der Waals surface area contributed by atoms with E-state index < -0.39 is 0 Å². The molecule has 12 aromatic rings. The van der Waals surface area contributed by atoms with Crippen molar-refractivity contribution in [1.82, 2.24) is 79.4 Å². The number of carbonyl (C=O) groups excluding carboxylic acids is 4. The number of hydrogen-bond acceptors (Lipinski definition) is 24. The fourth-order valence-corrected chi connectivity index (χ4v) is 18.6. The van der Waals surface area contributed by atoms with E-state index in [0.717, 1.165) is 127 Å². The average molecular weight is 1570 g/mol. The summed E-state index contributed by atoms with van der Waals surface area (Å²) in [4.78, 5) is 114. The fourth-order valence-electron chi connectivity index (χ4n) is 17.3. The molecule has 4 amide bonds. The third-order valence-corrected chi connectivity index (χ3v) is 24.1. The van der Waals surface area contributed by atoms with Crippen molar-refractivity contribution in [2.24, 2.45) is 23.7 Å². The molecule has 8 fully saturated rings. The number of oxazole rings is 2. The van der Waals surface area contributed by atoms with Crippen LogP contribution in [0.3, 0.4) is 0 Å². The molecular weight excluding hydrogens is 1480 g/mol. The quantitative estimate of drug-likeness (QED) is 0.0868. The number of likely N-dealkylation sites (tertiary alicyclic amines) is 4. The molecule has 4 saturated heterocycles. The Hall–Kier alpha value is -12.0. The lowest BCUT2D eigenvalue weighted by Gasteiger charge is -2.33. The van der Waals surface area contributed by atoms with Crippen molar-refractivity contribution < 1.29 is 47.0 Å². The Labute approximate surface area is 666 Å². The van der Waals surface area contributed by atoms with E-state index in [9.17, 15) is 19.2 Å². The summed E-state index contributed by atoms with van der Waals surface area (Å²) < 4.78 is 35.4. The lowest BCUT2D eigenvalue weighted by atomic mass is 10.1. The predicted molar refractivity (Wildman–Crippen MR) is 423 cm³/mol. The Bertz CT molecular complexity index is 5040. The molecule has 4 saturated carbocycles. The largest absolute Gasteiger partial charge is 0.472 e. The Morgan fingerprint density at radius 2 is 0.781 bits per heavy atom. The van der Waals surface area contributed by atoms with Crippen LogP contribution in [0, 0.1) is 65.2 Å². The van der Waals surface area contributed by atoms with Gasteiger partial charge in [0.25, 0.3) is 23.6 Å². The van der Waals surface area contributed by atoms with Gasteiger partial charge in [-0.05, 0) is 187 Å². The minimum absolute atomic E-state index is 0.0142. The van der Waals surface area contributed by atoms with Crippen molar-refractivity contribution >= 4 is 46.3 Å². The molecule has 580 valence electrons. The van der Waals surface area contributed by atoms with Crippen LogP contribution in [0.1, 0.15) is 127 Å². The zero-order chi connectivity index (χ0) is 78.1. The predicted octanol–water partition coefficient (Wildman–Crippen LogP) is 14.0. The van der Waals surface area contributed by atoms with Gasteiger partial charge in [0.05, 0.1) is 53.3 Å². The van der Waals surface area contributed by atoms with E-state index in [1.807, 2.05) is 157 Å². The summed E-state index contributed by atoms with van der Waals surface area (Å²) in [5, 5.41) is 5.43. The number of fused-ring (bicyclic) bond motifs is 8. The number of pyridine rings is 8. The van der Waals surface area contributed by atoms with Crippen LogP contribution < -0.4 is 18.9 Å². The van der Waals surface area contributed by atoms with Crippen LogP contribution in [0.2, 0.25) is 0 Å². The van der Waals surface area contributed by atoms with Gasteiger partial charge in [0.1, 0.15) is 69.7 Å². The van der Waals surface area contributed by atoms with Crippen LogP contribution in [0.25, 0.3) is 44.3 Å². The standard InChI is InChI=1S/2C22H22N4O2S.2C21H20N4O3/c1-13-3-6-19(24-11-13)28-18-10-15-9-17(18)26(12-15)22(27)16-5-4-14(2)25-20(16)21-23-7-8-29-21;1-13-3-4-19(24-10-13)28-18-9-15-8-17(18)26(12-15)22(27)20-16(7-14(2)11-25-20)21-23-5-6-29-21;1-13-4-5-18(24-11-13)28-17-10-14-9-16(17)25(12-14)21(26)15-3-2-6-22-19(15)20-23-7-8-27-20;1-13-4-5-18(24-11-13)28-17-10-14-9-16(17)25(12-14)21(26)19-15(3-2-6-22-19)20-23-7-8-27-20/h3-8,11,15,17-18H,9-10,12H2,1-2H3;3-7,10-11,15,17-18H,8-9,12H2,1-2H3;2*2-8,11,14,16-17H,9-10,12H2,1H3. The van der Waals surface area contributed by atoms with Crippen molar-refractivity contribution in [3.8, 4) is 67.8 Å². The lowest BCUT2D eigenvalue weighted by molar-refractivity contribution is 0.0459. The average Bonchev–Trinajstić information content (AvgIpc) is 1.64. The monoisotopic (exact) mass is 1560 g/mol. The highest BCUT2D eigenvalue weighted by molar-refractivity contribution is 7.13. The van der Waals surface area contributed by atoms with E-state index in [4.69, 9.17) is 27.8 Å². The first-order valence-corrected chi connectivity index (χ1v) is 40.4. The molecule has 26 nitrogen and oxygen atoms in total. The normalized spacial score (nSPS) is 23.0. The minimum Gasteiger partial charge on any atom is -0.472 e. The molecule has 0 spiro atoms. The summed E-state index contributed by atoms with van der Waals surface area (Å²) in [5.74, 6) is 4.87. The number of carbonyl (C=O) groups is 4. The molecule has 20 rings (SSSR count). The summed E-state index contributed by atoms with van der Waals surface area (Å²) in [6, 6.07) is 28.6. The van der Waals surface area contributed by atoms with Crippen molar-refractivity contribution in [2.45, 2.75) is 141 Å². The highest BCUT2D eigenvalue weighted by Crippen LogP contribution is 2.46. The number of rotatable bonds is 16. The molecule has 0 N–H and O–H groups in total. The minimum atomic E-state index is -0.105. The Morgan fingerprint density at radius 3 is 1.20 bits per heavy atom. The molecule has 0 aromatic carbocycles. The summed E-state index contributed by atoms with van der Waals surface area (Å²) in [6.07, 6.45) is 29.4. The highest BCUT2D eigenvalue weighted by Gasteiger charge is 2.53. The number of piperidine rings is 4. The van der Waals surface area contributed by atoms with Crippen LogP contribution in [-0.4, -0.2) is 178 Å². The maximum absolute atomic E-state index is 13.5. The second-order valence-electron chi connectivity index (χ2n) is 30.7. The number of hydrogen-bond donors (Lipinski definition) is 0. The third-order valence-electron chi connectivity index (χ3n) is 22.5. The van der Waals surface area contributed by atoms with Crippen molar-refractivity contribution in [1.29, 1.82) is 0 Å². The molecule has 114 heavy (non-hydrogen) atoms. The molecule has 12 atom stereocenters. The molecule has 0 radical (unpaired) electrons. The third kappa shape index (κ3) is 15.9. The Kier molecular flexibility index (Phi) is 21.3. The zero-order valence-corrected chi connectivity index (χ0v) is 65.4. The van der Waals surface area contributed by atoms with E-state index in [0.29, 0.717) is 98.4 Å². The van der Waals surface area contributed by atoms with Crippen LogP contribution in [0.15, 0.2) is 191 Å². The summed E-state index contributed by atoms with van der Waals surface area (Å²) in [7, 11) is 0.